The summed E-state index contributed by atoms with van der Waals surface area (Å²) in [6.07, 6.45) is -1.46. The van der Waals surface area contributed by atoms with E-state index in [-0.39, 0.29) is 5.92 Å². The van der Waals surface area contributed by atoms with Crippen LogP contribution in [0.3, 0.4) is 0 Å². The van der Waals surface area contributed by atoms with Crippen molar-refractivity contribution in [3.05, 3.63) is 35.4 Å². The van der Waals surface area contributed by atoms with Crippen molar-refractivity contribution in [1.82, 2.24) is 0 Å². The van der Waals surface area contributed by atoms with Gasteiger partial charge in [-0.2, -0.15) is 13.2 Å². The zero-order valence-electron chi connectivity index (χ0n) is 10.3. The fourth-order valence-electron chi connectivity index (χ4n) is 2.70. The second-order valence-electron chi connectivity index (χ2n) is 5.27. The van der Waals surface area contributed by atoms with Crippen LogP contribution in [0.4, 0.5) is 13.2 Å². The molecule has 0 bridgehead atoms. The van der Waals surface area contributed by atoms with E-state index < -0.39 is 17.3 Å². The molecule has 4 heteroatoms. The predicted molar refractivity (Wildman–Crippen MR) is 63.1 cm³/mol. The molecular weight excluding hydrogens is 241 g/mol. The van der Waals surface area contributed by atoms with Crippen LogP contribution in [0.5, 0.6) is 0 Å². The maximum Gasteiger partial charge on any atom is 0.416 e. The zero-order valence-corrected chi connectivity index (χ0v) is 10.3. The summed E-state index contributed by atoms with van der Waals surface area (Å²) in [5.74, 6) is 0.145. The molecule has 18 heavy (non-hydrogen) atoms. The third kappa shape index (κ3) is 2.69. The van der Waals surface area contributed by atoms with Crippen LogP contribution in [0.2, 0.25) is 0 Å². The van der Waals surface area contributed by atoms with Crippen molar-refractivity contribution in [1.29, 1.82) is 0 Å². The van der Waals surface area contributed by atoms with Gasteiger partial charge in [-0.15, -0.1) is 0 Å². The Hall–Kier alpha value is -1.03. The van der Waals surface area contributed by atoms with Crippen molar-refractivity contribution >= 4 is 0 Å². The van der Waals surface area contributed by atoms with Gasteiger partial charge in [0.15, 0.2) is 0 Å². The van der Waals surface area contributed by atoms with Crippen LogP contribution in [-0.2, 0) is 12.6 Å². The normalized spacial score (nSPS) is 28.6. The first-order chi connectivity index (χ1) is 8.31. The first-order valence-corrected chi connectivity index (χ1v) is 6.20. The summed E-state index contributed by atoms with van der Waals surface area (Å²) in [6.45, 7) is 1.96. The Bertz CT molecular complexity index is 427. The third-order valence-corrected chi connectivity index (χ3v) is 3.93. The highest BCUT2D eigenvalue weighted by Gasteiger charge is 2.38. The molecule has 1 aromatic carbocycles. The molecule has 1 aromatic rings. The molecular formula is C14H17F3O. The molecule has 0 aliphatic heterocycles. The molecule has 1 N–H and O–H groups in total. The SMILES string of the molecule is CC1CCCC1(O)Cc1cccc(C(F)(F)F)c1. The average molecular weight is 258 g/mol. The van der Waals surface area contributed by atoms with Gasteiger partial charge in [0.2, 0.25) is 0 Å². The Morgan fingerprint density at radius 2 is 2.11 bits per heavy atom. The lowest BCUT2D eigenvalue weighted by atomic mass is 9.85. The summed E-state index contributed by atoms with van der Waals surface area (Å²) in [6, 6.07) is 5.26. The molecule has 0 saturated heterocycles. The molecule has 0 aromatic heterocycles. The third-order valence-electron chi connectivity index (χ3n) is 3.93. The van der Waals surface area contributed by atoms with Gasteiger partial charge >= 0.3 is 6.18 Å². The van der Waals surface area contributed by atoms with E-state index in [1.807, 2.05) is 6.92 Å². The quantitative estimate of drug-likeness (QED) is 0.855. The van der Waals surface area contributed by atoms with Gasteiger partial charge < -0.3 is 5.11 Å². The van der Waals surface area contributed by atoms with E-state index >= 15 is 0 Å². The van der Waals surface area contributed by atoms with Crippen molar-refractivity contribution in [2.24, 2.45) is 5.92 Å². The van der Waals surface area contributed by atoms with Crippen LogP contribution in [0.15, 0.2) is 24.3 Å². The fraction of sp³-hybridized carbons (Fsp3) is 0.571. The number of hydrogen-bond donors (Lipinski definition) is 1. The van der Waals surface area contributed by atoms with Gasteiger partial charge in [-0.3, -0.25) is 0 Å². The van der Waals surface area contributed by atoms with Crippen LogP contribution in [0, 0.1) is 5.92 Å². The van der Waals surface area contributed by atoms with Crippen LogP contribution < -0.4 is 0 Å². The minimum Gasteiger partial charge on any atom is -0.389 e. The first-order valence-electron chi connectivity index (χ1n) is 6.20. The van der Waals surface area contributed by atoms with Gasteiger partial charge in [-0.25, -0.2) is 0 Å². The highest BCUT2D eigenvalue weighted by Crippen LogP contribution is 2.38. The Labute approximate surface area is 105 Å². The van der Waals surface area contributed by atoms with Gasteiger partial charge in [-0.05, 0) is 30.4 Å². The van der Waals surface area contributed by atoms with Crippen LogP contribution in [0.1, 0.15) is 37.3 Å². The summed E-state index contributed by atoms with van der Waals surface area (Å²) in [5, 5.41) is 10.4. The predicted octanol–water partition coefficient (Wildman–Crippen LogP) is 3.80. The molecule has 0 amide bonds. The van der Waals surface area contributed by atoms with Gasteiger partial charge in [-0.1, -0.05) is 31.5 Å². The molecule has 2 atom stereocenters. The summed E-state index contributed by atoms with van der Waals surface area (Å²) < 4.78 is 37.8. The smallest absolute Gasteiger partial charge is 0.389 e. The van der Waals surface area contributed by atoms with E-state index in [1.54, 1.807) is 6.07 Å². The molecule has 1 aliphatic carbocycles. The highest BCUT2D eigenvalue weighted by molar-refractivity contribution is 5.27. The molecule has 1 saturated carbocycles. The Balaban J connectivity index is 2.20. The lowest BCUT2D eigenvalue weighted by Gasteiger charge is -2.28. The summed E-state index contributed by atoms with van der Waals surface area (Å²) >= 11 is 0. The van der Waals surface area contributed by atoms with Crippen LogP contribution >= 0.6 is 0 Å². The second kappa shape index (κ2) is 4.57. The van der Waals surface area contributed by atoms with Crippen molar-refractivity contribution in [2.75, 3.05) is 0 Å². The van der Waals surface area contributed by atoms with E-state index in [0.717, 1.165) is 25.0 Å². The summed E-state index contributed by atoms with van der Waals surface area (Å²) in [5.41, 5.74) is -0.931. The maximum atomic E-state index is 12.6. The average Bonchev–Trinajstić information content (AvgIpc) is 2.58. The Morgan fingerprint density at radius 1 is 1.39 bits per heavy atom. The Morgan fingerprint density at radius 3 is 2.67 bits per heavy atom. The van der Waals surface area contributed by atoms with Gasteiger partial charge in [0.05, 0.1) is 11.2 Å². The van der Waals surface area contributed by atoms with Gasteiger partial charge in [0.25, 0.3) is 0 Å². The van der Waals surface area contributed by atoms with Crippen molar-refractivity contribution in [3.63, 3.8) is 0 Å². The van der Waals surface area contributed by atoms with Crippen LogP contribution in [-0.4, -0.2) is 10.7 Å². The van der Waals surface area contributed by atoms with Crippen molar-refractivity contribution < 1.29 is 18.3 Å². The second-order valence-corrected chi connectivity index (χ2v) is 5.27. The van der Waals surface area contributed by atoms with E-state index in [0.29, 0.717) is 18.4 Å². The highest BCUT2D eigenvalue weighted by atomic mass is 19.4. The van der Waals surface area contributed by atoms with Crippen molar-refractivity contribution in [3.8, 4) is 0 Å². The maximum absolute atomic E-state index is 12.6. The molecule has 100 valence electrons. The number of aliphatic hydroxyl groups is 1. The topological polar surface area (TPSA) is 20.2 Å². The molecule has 1 nitrogen and oxygen atoms in total. The molecule has 2 unspecified atom stereocenters. The first kappa shape index (κ1) is 13.4. The van der Waals surface area contributed by atoms with Crippen LogP contribution in [0.25, 0.3) is 0 Å². The number of benzene rings is 1. The molecule has 0 spiro atoms. The summed E-state index contributed by atoms with van der Waals surface area (Å²) in [4.78, 5) is 0. The summed E-state index contributed by atoms with van der Waals surface area (Å²) in [7, 11) is 0. The number of alkyl halides is 3. The van der Waals surface area contributed by atoms with E-state index in [1.165, 1.54) is 6.07 Å². The molecule has 0 heterocycles. The monoisotopic (exact) mass is 258 g/mol. The Kier molecular flexibility index (Phi) is 3.41. The fourth-order valence-corrected chi connectivity index (χ4v) is 2.70. The molecule has 0 radical (unpaired) electrons. The largest absolute Gasteiger partial charge is 0.416 e. The van der Waals surface area contributed by atoms with Gasteiger partial charge in [0.1, 0.15) is 0 Å². The molecule has 1 fully saturated rings. The minimum absolute atomic E-state index is 0.145. The van der Waals surface area contributed by atoms with Gasteiger partial charge in [0, 0.05) is 6.42 Å². The molecule has 2 rings (SSSR count). The number of hydrogen-bond acceptors (Lipinski definition) is 1. The zero-order chi connectivity index (χ0) is 13.4. The van der Waals surface area contributed by atoms with E-state index in [2.05, 4.69) is 0 Å². The lowest BCUT2D eigenvalue weighted by molar-refractivity contribution is -0.137. The standard InChI is InChI=1S/C14H17F3O/c1-10-4-3-7-13(10,18)9-11-5-2-6-12(8-11)14(15,16)17/h2,5-6,8,10,18H,3-4,7,9H2,1H3. The minimum atomic E-state index is -4.32. The number of rotatable bonds is 2. The number of halogens is 3. The molecule has 1 aliphatic rings. The van der Waals surface area contributed by atoms with Crippen molar-refractivity contribution in [2.45, 2.75) is 44.4 Å². The van der Waals surface area contributed by atoms with E-state index in [9.17, 15) is 18.3 Å². The lowest BCUT2D eigenvalue weighted by Crippen LogP contribution is -2.34. The van der Waals surface area contributed by atoms with E-state index in [4.69, 9.17) is 0 Å².